The fourth-order valence-corrected chi connectivity index (χ4v) is 3.85. The number of nitrogens with zero attached hydrogens (tertiary/aromatic N) is 2. The Morgan fingerprint density at radius 2 is 1.57 bits per heavy atom. The topological polar surface area (TPSA) is 34.6 Å². The number of aromatic nitrogens is 1. The van der Waals surface area contributed by atoms with Gasteiger partial charge in [0.15, 0.2) is 0 Å². The smallest absolute Gasteiger partial charge is 0.131 e. The molecule has 0 saturated heterocycles. The fraction of sp³-hybridized carbons (Fsp3) is 0.375. The van der Waals surface area contributed by atoms with E-state index in [0.29, 0.717) is 0 Å². The number of rotatable bonds is 8. The SMILES string of the molecule is CCCN(CCC)c1c(C)nc(-c2ccc(OC)cc2OC)c2ccccc12. The maximum Gasteiger partial charge on any atom is 0.131 e. The third-order valence-corrected chi connectivity index (χ3v) is 5.03. The number of pyridine rings is 1. The summed E-state index contributed by atoms with van der Waals surface area (Å²) in [5, 5.41) is 2.38. The zero-order valence-corrected chi connectivity index (χ0v) is 17.6. The highest BCUT2D eigenvalue weighted by Crippen LogP contribution is 2.40. The van der Waals surface area contributed by atoms with E-state index >= 15 is 0 Å². The van der Waals surface area contributed by atoms with E-state index in [9.17, 15) is 0 Å². The predicted molar refractivity (Wildman–Crippen MR) is 118 cm³/mol. The summed E-state index contributed by atoms with van der Waals surface area (Å²) < 4.78 is 11.0. The van der Waals surface area contributed by atoms with Crippen LogP contribution in [0.25, 0.3) is 22.0 Å². The number of ether oxygens (including phenoxy) is 2. The summed E-state index contributed by atoms with van der Waals surface area (Å²) in [6.45, 7) is 8.63. The van der Waals surface area contributed by atoms with E-state index in [4.69, 9.17) is 14.5 Å². The standard InChI is InChI=1S/C24H30N2O2/c1-6-14-26(15-7-2)24-17(3)25-23(19-10-8-9-11-20(19)24)21-13-12-18(27-4)16-22(21)28-5/h8-13,16H,6-7,14-15H2,1-5H3. The highest BCUT2D eigenvalue weighted by atomic mass is 16.5. The number of fused-ring (bicyclic) bond motifs is 1. The molecule has 0 saturated carbocycles. The van der Waals surface area contributed by atoms with Crippen molar-refractivity contribution in [1.82, 2.24) is 4.98 Å². The van der Waals surface area contributed by atoms with Crippen LogP contribution in [0, 0.1) is 6.92 Å². The van der Waals surface area contributed by atoms with Crippen molar-refractivity contribution in [3.05, 3.63) is 48.2 Å². The molecule has 3 aromatic rings. The first kappa shape index (κ1) is 20.0. The number of methoxy groups -OCH3 is 2. The molecule has 0 radical (unpaired) electrons. The average Bonchev–Trinajstić information content (AvgIpc) is 2.72. The third-order valence-electron chi connectivity index (χ3n) is 5.03. The molecule has 0 unspecified atom stereocenters. The molecule has 0 bridgehead atoms. The van der Waals surface area contributed by atoms with E-state index in [-0.39, 0.29) is 0 Å². The Labute approximate surface area is 168 Å². The highest BCUT2D eigenvalue weighted by Gasteiger charge is 2.19. The minimum absolute atomic E-state index is 0.767. The van der Waals surface area contributed by atoms with Gasteiger partial charge in [-0.3, -0.25) is 4.98 Å². The first-order chi connectivity index (χ1) is 13.6. The van der Waals surface area contributed by atoms with Crippen LogP contribution in [0.15, 0.2) is 42.5 Å². The Morgan fingerprint density at radius 1 is 0.893 bits per heavy atom. The van der Waals surface area contributed by atoms with Crippen molar-refractivity contribution in [1.29, 1.82) is 0 Å². The van der Waals surface area contributed by atoms with Crippen LogP contribution >= 0.6 is 0 Å². The van der Waals surface area contributed by atoms with Crippen molar-refractivity contribution in [2.75, 3.05) is 32.2 Å². The first-order valence-electron chi connectivity index (χ1n) is 10.0. The summed E-state index contributed by atoms with van der Waals surface area (Å²) in [4.78, 5) is 7.53. The monoisotopic (exact) mass is 378 g/mol. The maximum atomic E-state index is 5.66. The van der Waals surface area contributed by atoms with Gasteiger partial charge in [-0.1, -0.05) is 38.1 Å². The van der Waals surface area contributed by atoms with Crippen LogP contribution in [-0.2, 0) is 0 Å². The Hall–Kier alpha value is -2.75. The lowest BCUT2D eigenvalue weighted by Crippen LogP contribution is -2.26. The largest absolute Gasteiger partial charge is 0.497 e. The van der Waals surface area contributed by atoms with Gasteiger partial charge in [-0.15, -0.1) is 0 Å². The molecule has 0 atom stereocenters. The third kappa shape index (κ3) is 3.77. The molecule has 4 nitrogen and oxygen atoms in total. The summed E-state index contributed by atoms with van der Waals surface area (Å²) in [5.74, 6) is 1.54. The number of aryl methyl sites for hydroxylation is 1. The molecule has 0 amide bonds. The van der Waals surface area contributed by atoms with Gasteiger partial charge in [0.2, 0.25) is 0 Å². The van der Waals surface area contributed by atoms with Gasteiger partial charge in [-0.05, 0) is 31.9 Å². The van der Waals surface area contributed by atoms with Crippen molar-refractivity contribution >= 4 is 16.5 Å². The molecule has 0 fully saturated rings. The van der Waals surface area contributed by atoms with Crippen molar-refractivity contribution in [2.45, 2.75) is 33.6 Å². The van der Waals surface area contributed by atoms with Crippen LogP contribution in [0.3, 0.4) is 0 Å². The molecule has 0 aliphatic carbocycles. The fourth-order valence-electron chi connectivity index (χ4n) is 3.85. The number of benzene rings is 2. The predicted octanol–water partition coefficient (Wildman–Crippen LogP) is 5.85. The second kappa shape index (κ2) is 8.96. The molecular weight excluding hydrogens is 348 g/mol. The Morgan fingerprint density at radius 3 is 2.18 bits per heavy atom. The van der Waals surface area contributed by atoms with E-state index < -0.39 is 0 Å². The molecular formula is C24H30N2O2. The van der Waals surface area contributed by atoms with Crippen LogP contribution in [-0.4, -0.2) is 32.3 Å². The summed E-state index contributed by atoms with van der Waals surface area (Å²) in [6, 6.07) is 14.4. The van der Waals surface area contributed by atoms with E-state index in [0.717, 1.165) is 59.8 Å². The summed E-state index contributed by atoms with van der Waals surface area (Å²) in [6.07, 6.45) is 2.23. The second-order valence-electron chi connectivity index (χ2n) is 6.99. The van der Waals surface area contributed by atoms with E-state index in [1.807, 2.05) is 18.2 Å². The summed E-state index contributed by atoms with van der Waals surface area (Å²) in [5.41, 5.74) is 4.22. The molecule has 0 N–H and O–H groups in total. The molecule has 0 aliphatic rings. The minimum atomic E-state index is 0.767. The number of hydrogen-bond acceptors (Lipinski definition) is 4. The first-order valence-corrected chi connectivity index (χ1v) is 10.0. The maximum absolute atomic E-state index is 5.66. The van der Waals surface area contributed by atoms with Crippen molar-refractivity contribution in [2.24, 2.45) is 0 Å². The van der Waals surface area contributed by atoms with Gasteiger partial charge >= 0.3 is 0 Å². The number of hydrogen-bond donors (Lipinski definition) is 0. The van der Waals surface area contributed by atoms with Gasteiger partial charge in [-0.2, -0.15) is 0 Å². The van der Waals surface area contributed by atoms with E-state index in [2.05, 4.69) is 49.9 Å². The summed E-state index contributed by atoms with van der Waals surface area (Å²) >= 11 is 0. The Balaban J connectivity index is 2.26. The second-order valence-corrected chi connectivity index (χ2v) is 6.99. The quantitative estimate of drug-likeness (QED) is 0.492. The lowest BCUT2D eigenvalue weighted by molar-refractivity contribution is 0.395. The zero-order chi connectivity index (χ0) is 20.1. The molecule has 1 heterocycles. The van der Waals surface area contributed by atoms with E-state index in [1.54, 1.807) is 14.2 Å². The van der Waals surface area contributed by atoms with Gasteiger partial charge < -0.3 is 14.4 Å². The van der Waals surface area contributed by atoms with Crippen LogP contribution < -0.4 is 14.4 Å². The molecule has 0 aliphatic heterocycles. The molecule has 0 spiro atoms. The lowest BCUT2D eigenvalue weighted by Gasteiger charge is -2.27. The average molecular weight is 379 g/mol. The van der Waals surface area contributed by atoms with Crippen LogP contribution in [0.4, 0.5) is 5.69 Å². The van der Waals surface area contributed by atoms with Crippen molar-refractivity contribution in [3.63, 3.8) is 0 Å². The van der Waals surface area contributed by atoms with Crippen molar-refractivity contribution in [3.8, 4) is 22.8 Å². The molecule has 1 aromatic heterocycles. The molecule has 148 valence electrons. The lowest BCUT2D eigenvalue weighted by atomic mass is 10.00. The Bertz CT molecular complexity index is 947. The summed E-state index contributed by atoms with van der Waals surface area (Å²) in [7, 11) is 3.35. The van der Waals surface area contributed by atoms with E-state index in [1.165, 1.54) is 11.1 Å². The molecule has 28 heavy (non-hydrogen) atoms. The van der Waals surface area contributed by atoms with Crippen LogP contribution in [0.1, 0.15) is 32.4 Å². The highest BCUT2D eigenvalue weighted by molar-refractivity contribution is 6.03. The van der Waals surface area contributed by atoms with Gasteiger partial charge in [0.1, 0.15) is 11.5 Å². The molecule has 4 heteroatoms. The van der Waals surface area contributed by atoms with Gasteiger partial charge in [0, 0.05) is 35.5 Å². The number of anilines is 1. The molecule has 2 aromatic carbocycles. The van der Waals surface area contributed by atoms with Gasteiger partial charge in [0.05, 0.1) is 31.3 Å². The molecule has 3 rings (SSSR count). The van der Waals surface area contributed by atoms with Crippen LogP contribution in [0.2, 0.25) is 0 Å². The Kier molecular flexibility index (Phi) is 6.40. The van der Waals surface area contributed by atoms with Crippen molar-refractivity contribution < 1.29 is 9.47 Å². The van der Waals surface area contributed by atoms with Crippen LogP contribution in [0.5, 0.6) is 11.5 Å². The minimum Gasteiger partial charge on any atom is -0.497 e. The van der Waals surface area contributed by atoms with Gasteiger partial charge in [-0.25, -0.2) is 0 Å². The zero-order valence-electron chi connectivity index (χ0n) is 17.6. The van der Waals surface area contributed by atoms with Gasteiger partial charge in [0.25, 0.3) is 0 Å². The normalized spacial score (nSPS) is 10.9.